The normalized spacial score (nSPS) is 17.3. The maximum absolute atomic E-state index is 12.6. The number of carbonyl (C=O) groups is 3. The minimum atomic E-state index is -0.904. The van der Waals surface area contributed by atoms with Crippen LogP contribution in [-0.2, 0) is 11.3 Å². The Labute approximate surface area is 169 Å². The number of hydrogen-bond acceptors (Lipinski definition) is 5. The first-order valence-electron chi connectivity index (χ1n) is 9.91. The molecule has 4 rings (SSSR count). The molecule has 2 aromatic rings. The molecule has 0 saturated heterocycles. The predicted octanol–water partition coefficient (Wildman–Crippen LogP) is 2.70. The van der Waals surface area contributed by atoms with E-state index in [4.69, 9.17) is 4.74 Å². The summed E-state index contributed by atoms with van der Waals surface area (Å²) >= 11 is 0. The molecule has 1 aliphatic heterocycles. The zero-order valence-electron chi connectivity index (χ0n) is 16.3. The summed E-state index contributed by atoms with van der Waals surface area (Å²) in [6.07, 6.45) is 6.30. The highest BCUT2D eigenvalue weighted by atomic mass is 16.5. The number of nitrogens with zero attached hydrogens (tertiary/aromatic N) is 2. The number of ether oxygens (including phenoxy) is 1. The lowest BCUT2D eigenvalue weighted by atomic mass is 10.1. The van der Waals surface area contributed by atoms with Gasteiger partial charge in [0.15, 0.2) is 0 Å². The third-order valence-corrected chi connectivity index (χ3v) is 5.45. The second kappa shape index (κ2) is 8.03. The van der Waals surface area contributed by atoms with Crippen LogP contribution >= 0.6 is 0 Å². The Hall–Kier alpha value is -3.22. The van der Waals surface area contributed by atoms with Crippen molar-refractivity contribution >= 4 is 17.7 Å². The predicted molar refractivity (Wildman–Crippen MR) is 105 cm³/mol. The third-order valence-electron chi connectivity index (χ3n) is 5.45. The Balaban J connectivity index is 1.37. The van der Waals surface area contributed by atoms with E-state index in [2.05, 4.69) is 10.3 Å². The van der Waals surface area contributed by atoms with Gasteiger partial charge in [0.25, 0.3) is 11.8 Å². The molecule has 3 amide bonds. The van der Waals surface area contributed by atoms with Gasteiger partial charge < -0.3 is 10.1 Å². The second-order valence-corrected chi connectivity index (χ2v) is 7.45. The fraction of sp³-hybridized carbons (Fsp3) is 0.364. The van der Waals surface area contributed by atoms with Crippen LogP contribution in [0.2, 0.25) is 0 Å². The molecule has 29 heavy (non-hydrogen) atoms. The molecule has 1 N–H and O–H groups in total. The Bertz CT molecular complexity index is 918. The number of nitrogens with one attached hydrogen (secondary N) is 1. The van der Waals surface area contributed by atoms with Gasteiger partial charge in [-0.3, -0.25) is 19.3 Å². The molecule has 0 radical (unpaired) electrons. The molecule has 1 saturated carbocycles. The first-order chi connectivity index (χ1) is 14.0. The van der Waals surface area contributed by atoms with Gasteiger partial charge in [0.1, 0.15) is 12.1 Å². The largest absolute Gasteiger partial charge is 0.474 e. The van der Waals surface area contributed by atoms with Gasteiger partial charge in [0.2, 0.25) is 11.8 Å². The van der Waals surface area contributed by atoms with Gasteiger partial charge in [-0.15, -0.1) is 0 Å². The standard InChI is InChI=1S/C22H23N3O4/c1-14(25-21(27)17-8-4-5-9-18(17)22(25)28)20(26)24-13-15-10-11-23-19(12-15)29-16-6-2-3-7-16/h4-5,8-12,14,16H,2-3,6-7,13H2,1H3,(H,24,26). The minimum Gasteiger partial charge on any atom is -0.474 e. The van der Waals surface area contributed by atoms with Gasteiger partial charge in [0.05, 0.1) is 11.1 Å². The summed E-state index contributed by atoms with van der Waals surface area (Å²) in [6, 6.07) is 9.31. The maximum Gasteiger partial charge on any atom is 0.262 e. The molecule has 1 atom stereocenters. The van der Waals surface area contributed by atoms with Crippen molar-refractivity contribution in [3.8, 4) is 5.88 Å². The summed E-state index contributed by atoms with van der Waals surface area (Å²) in [6.45, 7) is 1.81. The zero-order chi connectivity index (χ0) is 20.4. The van der Waals surface area contributed by atoms with Crippen LogP contribution in [0.5, 0.6) is 5.88 Å². The summed E-state index contributed by atoms with van der Waals surface area (Å²) in [5, 5.41) is 2.80. The van der Waals surface area contributed by atoms with Crippen molar-refractivity contribution in [3.63, 3.8) is 0 Å². The molecule has 1 aromatic carbocycles. The number of imide groups is 1. The number of aromatic nitrogens is 1. The van der Waals surface area contributed by atoms with E-state index >= 15 is 0 Å². The number of carbonyl (C=O) groups excluding carboxylic acids is 3. The fourth-order valence-electron chi connectivity index (χ4n) is 3.82. The summed E-state index contributed by atoms with van der Waals surface area (Å²) < 4.78 is 5.89. The highest BCUT2D eigenvalue weighted by molar-refractivity contribution is 6.22. The molecular formula is C22H23N3O4. The minimum absolute atomic E-state index is 0.209. The monoisotopic (exact) mass is 393 g/mol. The van der Waals surface area contributed by atoms with Gasteiger partial charge >= 0.3 is 0 Å². The van der Waals surface area contributed by atoms with E-state index in [0.717, 1.165) is 23.3 Å². The van der Waals surface area contributed by atoms with E-state index in [1.54, 1.807) is 43.5 Å². The van der Waals surface area contributed by atoms with Crippen LogP contribution in [-0.4, -0.2) is 39.8 Å². The number of pyridine rings is 1. The number of amides is 3. The summed E-state index contributed by atoms with van der Waals surface area (Å²) in [7, 11) is 0. The topological polar surface area (TPSA) is 88.6 Å². The summed E-state index contributed by atoms with van der Waals surface area (Å²) in [5.41, 5.74) is 1.51. The van der Waals surface area contributed by atoms with Gasteiger partial charge in [-0.1, -0.05) is 12.1 Å². The van der Waals surface area contributed by atoms with Gasteiger partial charge in [-0.05, 0) is 56.4 Å². The van der Waals surface area contributed by atoms with E-state index < -0.39 is 23.8 Å². The molecule has 1 unspecified atom stereocenters. The molecule has 1 fully saturated rings. The van der Waals surface area contributed by atoms with Crippen LogP contribution in [0.25, 0.3) is 0 Å². The molecule has 150 valence electrons. The van der Waals surface area contributed by atoms with E-state index in [-0.39, 0.29) is 12.6 Å². The third kappa shape index (κ3) is 3.85. The Morgan fingerprint density at radius 3 is 2.48 bits per heavy atom. The number of benzene rings is 1. The maximum atomic E-state index is 12.6. The van der Waals surface area contributed by atoms with E-state index in [9.17, 15) is 14.4 Å². The van der Waals surface area contributed by atoms with Crippen LogP contribution in [0.15, 0.2) is 42.6 Å². The Morgan fingerprint density at radius 1 is 1.17 bits per heavy atom. The van der Waals surface area contributed by atoms with Crippen LogP contribution in [0, 0.1) is 0 Å². The van der Waals surface area contributed by atoms with Crippen LogP contribution in [0.4, 0.5) is 0 Å². The van der Waals surface area contributed by atoms with Gasteiger partial charge in [-0.2, -0.15) is 0 Å². The van der Waals surface area contributed by atoms with Crippen LogP contribution in [0.1, 0.15) is 58.9 Å². The lowest BCUT2D eigenvalue weighted by Gasteiger charge is -2.21. The molecule has 2 heterocycles. The van der Waals surface area contributed by atoms with Crippen molar-refractivity contribution in [2.75, 3.05) is 0 Å². The number of hydrogen-bond donors (Lipinski definition) is 1. The van der Waals surface area contributed by atoms with Crippen LogP contribution in [0.3, 0.4) is 0 Å². The first kappa shape index (κ1) is 19.1. The molecule has 7 heteroatoms. The van der Waals surface area contributed by atoms with Crippen molar-refractivity contribution < 1.29 is 19.1 Å². The zero-order valence-corrected chi connectivity index (χ0v) is 16.3. The lowest BCUT2D eigenvalue weighted by molar-refractivity contribution is -0.124. The summed E-state index contributed by atoms with van der Waals surface area (Å²) in [5.74, 6) is -0.722. The molecule has 0 bridgehead atoms. The number of rotatable bonds is 6. The average Bonchev–Trinajstić information content (AvgIpc) is 3.33. The first-order valence-corrected chi connectivity index (χ1v) is 9.91. The quantitative estimate of drug-likeness (QED) is 0.763. The molecule has 1 aromatic heterocycles. The Morgan fingerprint density at radius 2 is 1.83 bits per heavy atom. The molecule has 7 nitrogen and oxygen atoms in total. The lowest BCUT2D eigenvalue weighted by Crippen LogP contribution is -2.47. The smallest absolute Gasteiger partial charge is 0.262 e. The van der Waals surface area contributed by atoms with Crippen molar-refractivity contribution in [2.24, 2.45) is 0 Å². The molecule has 1 aliphatic carbocycles. The van der Waals surface area contributed by atoms with E-state index in [0.29, 0.717) is 17.0 Å². The van der Waals surface area contributed by atoms with Crippen molar-refractivity contribution in [1.82, 2.24) is 15.2 Å². The van der Waals surface area contributed by atoms with Gasteiger partial charge in [0, 0.05) is 18.8 Å². The summed E-state index contributed by atoms with van der Waals surface area (Å²) in [4.78, 5) is 42.9. The molecule has 2 aliphatic rings. The highest BCUT2D eigenvalue weighted by Gasteiger charge is 2.40. The van der Waals surface area contributed by atoms with Gasteiger partial charge in [-0.25, -0.2) is 4.98 Å². The molecule has 0 spiro atoms. The van der Waals surface area contributed by atoms with E-state index in [1.807, 2.05) is 6.07 Å². The van der Waals surface area contributed by atoms with Crippen molar-refractivity contribution in [3.05, 3.63) is 59.3 Å². The average molecular weight is 393 g/mol. The second-order valence-electron chi connectivity index (χ2n) is 7.45. The van der Waals surface area contributed by atoms with Crippen molar-refractivity contribution in [1.29, 1.82) is 0 Å². The van der Waals surface area contributed by atoms with Crippen molar-refractivity contribution in [2.45, 2.75) is 51.3 Å². The Kier molecular flexibility index (Phi) is 5.29. The van der Waals surface area contributed by atoms with Crippen LogP contribution < -0.4 is 10.1 Å². The number of fused-ring (bicyclic) bond motifs is 1. The SMILES string of the molecule is CC(C(=O)NCc1ccnc(OC2CCCC2)c1)N1C(=O)c2ccccc2C1=O. The highest BCUT2D eigenvalue weighted by Crippen LogP contribution is 2.25. The fourth-order valence-corrected chi connectivity index (χ4v) is 3.82. The van der Waals surface area contributed by atoms with E-state index in [1.165, 1.54) is 12.8 Å². The molecular weight excluding hydrogens is 370 g/mol.